The third kappa shape index (κ3) is 3.70. The van der Waals surface area contributed by atoms with Gasteiger partial charge in [0, 0.05) is 18.5 Å². The number of carbonyl (C=O) groups excluding carboxylic acids is 1. The van der Waals surface area contributed by atoms with Crippen LogP contribution in [0.4, 0.5) is 0 Å². The summed E-state index contributed by atoms with van der Waals surface area (Å²) < 4.78 is 30.0. The molecule has 0 bridgehead atoms. The number of hydrogen-bond acceptors (Lipinski definition) is 8. The van der Waals surface area contributed by atoms with E-state index in [-0.39, 0.29) is 6.61 Å². The van der Waals surface area contributed by atoms with Crippen LogP contribution in [0.5, 0.6) is 0 Å². The Balaban J connectivity index is 1.57. The fourth-order valence-corrected chi connectivity index (χ4v) is 4.36. The van der Waals surface area contributed by atoms with E-state index in [0.717, 1.165) is 5.56 Å². The minimum absolute atomic E-state index is 0.268. The number of rotatable bonds is 6. The molecule has 1 aromatic heterocycles. The lowest BCUT2D eigenvalue weighted by atomic mass is 10.1. The maximum atomic E-state index is 11.9. The number of fused-ring (bicyclic) bond motifs is 1. The summed E-state index contributed by atoms with van der Waals surface area (Å²) in [7, 11) is 0. The monoisotopic (exact) mass is 405 g/mol. The van der Waals surface area contributed by atoms with Crippen LogP contribution >= 0.6 is 11.3 Å². The molecule has 3 heterocycles. The number of esters is 1. The summed E-state index contributed by atoms with van der Waals surface area (Å²) in [6.45, 7) is 5.71. The van der Waals surface area contributed by atoms with Crippen LogP contribution in [0.25, 0.3) is 0 Å². The largest absolute Gasteiger partial charge is 0.423 e. The summed E-state index contributed by atoms with van der Waals surface area (Å²) in [5, 5.41) is 2.32. The second-order valence-electron chi connectivity index (χ2n) is 7.28. The van der Waals surface area contributed by atoms with Crippen LogP contribution in [0.1, 0.15) is 31.3 Å². The highest BCUT2D eigenvalue weighted by molar-refractivity contribution is 7.09. The number of nitrogens with zero attached hydrogens (tertiary/aromatic N) is 1. The molecule has 0 radical (unpaired) electrons. The quantitative estimate of drug-likeness (QED) is 0.684. The number of thiazole rings is 1. The fraction of sp³-hybridized carbons (Fsp3) is 0.500. The first-order valence-corrected chi connectivity index (χ1v) is 10.0. The zero-order chi connectivity index (χ0) is 19.8. The Morgan fingerprint density at radius 1 is 1.21 bits per heavy atom. The molecular weight excluding hydrogens is 382 g/mol. The van der Waals surface area contributed by atoms with Gasteiger partial charge in [-0.3, -0.25) is 4.79 Å². The van der Waals surface area contributed by atoms with Crippen molar-refractivity contribution in [2.45, 2.75) is 57.3 Å². The lowest BCUT2D eigenvalue weighted by molar-refractivity contribution is -0.292. The van der Waals surface area contributed by atoms with E-state index in [1.54, 1.807) is 11.6 Å². The molecule has 0 aliphatic carbocycles. The molecule has 2 aromatic rings. The summed E-state index contributed by atoms with van der Waals surface area (Å²) in [6.07, 6.45) is 0.0831. The number of hydrogen-bond donors (Lipinski definition) is 0. The third-order valence-corrected chi connectivity index (χ3v) is 5.49. The molecule has 8 heteroatoms. The molecule has 2 aliphatic heterocycles. The minimum atomic E-state index is -1.45. The molecule has 7 nitrogen and oxygen atoms in total. The minimum Gasteiger partial charge on any atom is -0.423 e. The van der Waals surface area contributed by atoms with Gasteiger partial charge in [0.15, 0.2) is 16.9 Å². The van der Waals surface area contributed by atoms with E-state index in [1.807, 2.05) is 44.2 Å². The summed E-state index contributed by atoms with van der Waals surface area (Å²) in [5.74, 6) is -2.76. The van der Waals surface area contributed by atoms with Gasteiger partial charge in [-0.05, 0) is 19.4 Å². The Kier molecular flexibility index (Phi) is 5.24. The van der Waals surface area contributed by atoms with E-state index in [1.165, 1.54) is 18.3 Å². The molecule has 2 saturated heterocycles. The number of benzene rings is 1. The van der Waals surface area contributed by atoms with Crippen molar-refractivity contribution in [3.8, 4) is 0 Å². The molecule has 0 N–H and O–H groups in total. The highest BCUT2D eigenvalue weighted by atomic mass is 32.1. The van der Waals surface area contributed by atoms with Crippen LogP contribution in [0.15, 0.2) is 41.9 Å². The molecule has 0 saturated carbocycles. The Morgan fingerprint density at radius 3 is 2.68 bits per heavy atom. The average molecular weight is 405 g/mol. The van der Waals surface area contributed by atoms with Crippen molar-refractivity contribution in [2.24, 2.45) is 0 Å². The normalized spacial score (nSPS) is 30.9. The molecule has 0 amide bonds. The number of aromatic nitrogens is 1. The summed E-state index contributed by atoms with van der Waals surface area (Å²) >= 11 is 1.34. The van der Waals surface area contributed by atoms with Gasteiger partial charge in [0.25, 0.3) is 5.79 Å². The highest BCUT2D eigenvalue weighted by Crippen LogP contribution is 2.50. The van der Waals surface area contributed by atoms with Crippen molar-refractivity contribution in [3.63, 3.8) is 0 Å². The third-order valence-electron chi connectivity index (χ3n) is 4.62. The Hall–Kier alpha value is -1.84. The summed E-state index contributed by atoms with van der Waals surface area (Å²) in [6, 6.07) is 9.88. The maximum absolute atomic E-state index is 11.9. The van der Waals surface area contributed by atoms with Crippen molar-refractivity contribution in [1.29, 1.82) is 0 Å². The van der Waals surface area contributed by atoms with Gasteiger partial charge >= 0.3 is 5.97 Å². The number of carbonyl (C=O) groups is 1. The Labute approximate surface area is 167 Å². The zero-order valence-corrected chi connectivity index (χ0v) is 16.8. The molecule has 2 fully saturated rings. The maximum Gasteiger partial charge on any atom is 0.305 e. The predicted octanol–water partition coefficient (Wildman–Crippen LogP) is 2.99. The fourth-order valence-electron chi connectivity index (χ4n) is 3.62. The van der Waals surface area contributed by atoms with Gasteiger partial charge in [0.05, 0.1) is 13.2 Å². The van der Waals surface area contributed by atoms with Crippen molar-refractivity contribution < 1.29 is 28.5 Å². The molecule has 2 aliphatic rings. The van der Waals surface area contributed by atoms with Crippen molar-refractivity contribution >= 4 is 17.3 Å². The first kappa shape index (κ1) is 19.5. The van der Waals surface area contributed by atoms with Crippen molar-refractivity contribution in [2.75, 3.05) is 6.61 Å². The molecular formula is C20H23NO6S. The lowest BCUT2D eigenvalue weighted by Crippen LogP contribution is -2.44. The van der Waals surface area contributed by atoms with Crippen molar-refractivity contribution in [1.82, 2.24) is 4.98 Å². The van der Waals surface area contributed by atoms with E-state index >= 15 is 0 Å². The van der Waals surface area contributed by atoms with E-state index in [2.05, 4.69) is 4.98 Å². The highest BCUT2D eigenvalue weighted by Gasteiger charge is 2.67. The smallest absolute Gasteiger partial charge is 0.305 e. The molecule has 4 rings (SSSR count). The molecule has 4 atom stereocenters. The molecule has 1 aromatic carbocycles. The standard InChI is InChI=1S/C20H23NO6S/c1-13(22)24-20(18-21-9-10-28-18)17-16(26-19(2,3)27-17)15(25-20)12-23-11-14-7-5-4-6-8-14/h4-10,15-17H,11-12H2,1-3H3/t15-,16-,17-,20-/m1/s1. The summed E-state index contributed by atoms with van der Waals surface area (Å²) in [4.78, 5) is 16.2. The van der Waals surface area contributed by atoms with E-state index in [0.29, 0.717) is 11.6 Å². The van der Waals surface area contributed by atoms with Crippen LogP contribution in [0.3, 0.4) is 0 Å². The van der Waals surface area contributed by atoms with Gasteiger partial charge in [-0.15, -0.1) is 11.3 Å². The zero-order valence-electron chi connectivity index (χ0n) is 16.0. The molecule has 0 spiro atoms. The van der Waals surface area contributed by atoms with Crippen LogP contribution in [0.2, 0.25) is 0 Å². The summed E-state index contributed by atoms with van der Waals surface area (Å²) in [5.41, 5.74) is 1.06. The second kappa shape index (κ2) is 7.53. The SMILES string of the molecule is CC(=O)O[C@@]1(c2nccs2)O[C@H](COCc2ccccc2)[C@H]2OC(C)(C)O[C@H]21. The van der Waals surface area contributed by atoms with Crippen LogP contribution in [-0.2, 0) is 40.9 Å². The van der Waals surface area contributed by atoms with Gasteiger partial charge < -0.3 is 23.7 Å². The Morgan fingerprint density at radius 2 is 2.00 bits per heavy atom. The van der Waals surface area contributed by atoms with Crippen LogP contribution < -0.4 is 0 Å². The van der Waals surface area contributed by atoms with Crippen LogP contribution in [0, 0.1) is 0 Å². The van der Waals surface area contributed by atoms with Gasteiger partial charge in [-0.1, -0.05) is 30.3 Å². The lowest BCUT2D eigenvalue weighted by Gasteiger charge is -2.32. The van der Waals surface area contributed by atoms with Crippen LogP contribution in [-0.4, -0.2) is 41.7 Å². The molecule has 0 unspecified atom stereocenters. The van der Waals surface area contributed by atoms with Crippen molar-refractivity contribution in [3.05, 3.63) is 52.5 Å². The topological polar surface area (TPSA) is 76.1 Å². The second-order valence-corrected chi connectivity index (χ2v) is 8.17. The molecule has 28 heavy (non-hydrogen) atoms. The van der Waals surface area contributed by atoms with E-state index in [9.17, 15) is 4.79 Å². The molecule has 150 valence electrons. The first-order chi connectivity index (χ1) is 13.4. The Bertz CT molecular complexity index is 811. The first-order valence-electron chi connectivity index (χ1n) is 9.14. The van der Waals surface area contributed by atoms with E-state index in [4.69, 9.17) is 23.7 Å². The van der Waals surface area contributed by atoms with Gasteiger partial charge in [-0.25, -0.2) is 4.98 Å². The van der Waals surface area contributed by atoms with Gasteiger partial charge in [-0.2, -0.15) is 0 Å². The van der Waals surface area contributed by atoms with E-state index < -0.39 is 35.9 Å². The van der Waals surface area contributed by atoms with Gasteiger partial charge in [0.2, 0.25) is 0 Å². The average Bonchev–Trinajstić information content (AvgIpc) is 3.33. The predicted molar refractivity (Wildman–Crippen MR) is 100 cm³/mol. The van der Waals surface area contributed by atoms with Gasteiger partial charge in [0.1, 0.15) is 12.2 Å². The number of ether oxygens (including phenoxy) is 5.